The molecule has 0 amide bonds. The minimum atomic E-state index is 0.302. The molecule has 16 heavy (non-hydrogen) atoms. The van der Waals surface area contributed by atoms with Crippen LogP contribution in [0.5, 0.6) is 5.75 Å². The molecule has 0 aliphatic rings. The second kappa shape index (κ2) is 4.23. The molecule has 1 N–H and O–H groups in total. The van der Waals surface area contributed by atoms with Crippen molar-refractivity contribution in [2.45, 2.75) is 6.92 Å². The molecule has 2 aromatic rings. The Morgan fingerprint density at radius 2 is 1.50 bits per heavy atom. The lowest BCUT2D eigenvalue weighted by atomic mass is 9.95. The Bertz CT molecular complexity index is 526. The van der Waals surface area contributed by atoms with Gasteiger partial charge in [-0.2, -0.15) is 0 Å². The van der Waals surface area contributed by atoms with Crippen molar-refractivity contribution in [3.63, 3.8) is 0 Å². The van der Waals surface area contributed by atoms with E-state index in [1.165, 1.54) is 0 Å². The molecule has 0 fully saturated rings. The zero-order chi connectivity index (χ0) is 11.5. The van der Waals surface area contributed by atoms with Gasteiger partial charge in [0.15, 0.2) is 0 Å². The molecule has 0 bridgehead atoms. The molecule has 80 valence electrons. The number of allylic oxidation sites excluding steroid dienone is 1. The quantitative estimate of drug-likeness (QED) is 0.791. The molecule has 2 aromatic carbocycles. The van der Waals surface area contributed by atoms with E-state index in [1.807, 2.05) is 49.4 Å². The third-order valence-corrected chi connectivity index (χ3v) is 2.58. The summed E-state index contributed by atoms with van der Waals surface area (Å²) >= 11 is 0. The van der Waals surface area contributed by atoms with Gasteiger partial charge in [0, 0.05) is 5.56 Å². The molecule has 0 radical (unpaired) electrons. The number of hydrogen-bond donors (Lipinski definition) is 1. The van der Waals surface area contributed by atoms with Crippen LogP contribution in [0.2, 0.25) is 0 Å². The van der Waals surface area contributed by atoms with E-state index in [9.17, 15) is 5.11 Å². The van der Waals surface area contributed by atoms with Gasteiger partial charge in [0.1, 0.15) is 5.75 Å². The Kier molecular flexibility index (Phi) is 2.78. The van der Waals surface area contributed by atoms with Crippen molar-refractivity contribution in [2.75, 3.05) is 0 Å². The van der Waals surface area contributed by atoms with Gasteiger partial charge in [-0.3, -0.25) is 0 Å². The summed E-state index contributed by atoms with van der Waals surface area (Å²) in [5.74, 6) is 0.302. The van der Waals surface area contributed by atoms with Crippen molar-refractivity contribution >= 4 is 5.57 Å². The lowest BCUT2D eigenvalue weighted by molar-refractivity contribution is 0.477. The van der Waals surface area contributed by atoms with Crippen molar-refractivity contribution in [1.29, 1.82) is 0 Å². The van der Waals surface area contributed by atoms with Crippen LogP contribution in [0.1, 0.15) is 12.5 Å². The maximum Gasteiger partial charge on any atom is 0.123 e. The van der Waals surface area contributed by atoms with Crippen LogP contribution in [-0.4, -0.2) is 5.11 Å². The molecule has 0 heterocycles. The van der Waals surface area contributed by atoms with E-state index in [-0.39, 0.29) is 0 Å². The molecule has 0 saturated heterocycles. The van der Waals surface area contributed by atoms with Gasteiger partial charge in [-0.1, -0.05) is 54.6 Å². The Balaban J connectivity index is 2.65. The van der Waals surface area contributed by atoms with Gasteiger partial charge in [-0.25, -0.2) is 0 Å². The van der Waals surface area contributed by atoms with Gasteiger partial charge >= 0.3 is 0 Å². The van der Waals surface area contributed by atoms with Gasteiger partial charge in [0.2, 0.25) is 0 Å². The number of para-hydroxylation sites is 1. The van der Waals surface area contributed by atoms with Crippen molar-refractivity contribution in [1.82, 2.24) is 0 Å². The lowest BCUT2D eigenvalue weighted by Gasteiger charge is -2.10. The number of benzene rings is 2. The lowest BCUT2D eigenvalue weighted by Crippen LogP contribution is -1.86. The predicted molar refractivity (Wildman–Crippen MR) is 68.3 cm³/mol. The average Bonchev–Trinajstić information content (AvgIpc) is 2.29. The fourth-order valence-electron chi connectivity index (χ4n) is 1.79. The van der Waals surface area contributed by atoms with E-state index in [0.717, 1.165) is 22.3 Å². The standard InChI is InChI=1S/C15H14O/c1-11(2)12-7-3-4-8-13(12)14-9-5-6-10-15(14)16/h3-10,16H,1H2,2H3. The molecule has 0 atom stereocenters. The molecular formula is C15H14O. The number of rotatable bonds is 2. The fraction of sp³-hybridized carbons (Fsp3) is 0.0667. The molecule has 0 aromatic heterocycles. The van der Waals surface area contributed by atoms with Crippen LogP contribution in [0.25, 0.3) is 16.7 Å². The topological polar surface area (TPSA) is 20.2 Å². The van der Waals surface area contributed by atoms with Crippen LogP contribution in [0.4, 0.5) is 0 Å². The van der Waals surface area contributed by atoms with Crippen LogP contribution in [0, 0.1) is 0 Å². The zero-order valence-corrected chi connectivity index (χ0v) is 9.27. The highest BCUT2D eigenvalue weighted by Crippen LogP contribution is 2.33. The van der Waals surface area contributed by atoms with E-state index >= 15 is 0 Å². The predicted octanol–water partition coefficient (Wildman–Crippen LogP) is 4.09. The van der Waals surface area contributed by atoms with Crippen LogP contribution < -0.4 is 0 Å². The maximum atomic E-state index is 9.84. The molecule has 0 unspecified atom stereocenters. The summed E-state index contributed by atoms with van der Waals surface area (Å²) < 4.78 is 0. The highest BCUT2D eigenvalue weighted by molar-refractivity contribution is 5.82. The summed E-state index contributed by atoms with van der Waals surface area (Å²) in [7, 11) is 0. The Hall–Kier alpha value is -2.02. The molecule has 0 spiro atoms. The van der Waals surface area contributed by atoms with E-state index < -0.39 is 0 Å². The molecule has 2 rings (SSSR count). The summed E-state index contributed by atoms with van der Waals surface area (Å²) in [6.45, 7) is 5.93. The Labute approximate surface area is 95.7 Å². The Morgan fingerprint density at radius 1 is 0.938 bits per heavy atom. The smallest absolute Gasteiger partial charge is 0.123 e. The molecule has 0 aliphatic carbocycles. The minimum Gasteiger partial charge on any atom is -0.507 e. The maximum absolute atomic E-state index is 9.84. The summed E-state index contributed by atoms with van der Waals surface area (Å²) in [4.78, 5) is 0. The number of phenolic OH excluding ortho intramolecular Hbond substituents is 1. The van der Waals surface area contributed by atoms with E-state index in [1.54, 1.807) is 6.07 Å². The third-order valence-electron chi connectivity index (χ3n) is 2.58. The van der Waals surface area contributed by atoms with Crippen LogP contribution in [0.15, 0.2) is 55.1 Å². The second-order valence-electron chi connectivity index (χ2n) is 3.84. The molecule has 1 nitrogen and oxygen atoms in total. The number of hydrogen-bond acceptors (Lipinski definition) is 1. The zero-order valence-electron chi connectivity index (χ0n) is 9.27. The van der Waals surface area contributed by atoms with E-state index in [4.69, 9.17) is 0 Å². The van der Waals surface area contributed by atoms with Gasteiger partial charge < -0.3 is 5.11 Å². The fourth-order valence-corrected chi connectivity index (χ4v) is 1.79. The summed E-state index contributed by atoms with van der Waals surface area (Å²) in [5, 5.41) is 9.84. The third kappa shape index (κ3) is 1.84. The van der Waals surface area contributed by atoms with Crippen molar-refractivity contribution in [2.24, 2.45) is 0 Å². The van der Waals surface area contributed by atoms with Gasteiger partial charge in [0.25, 0.3) is 0 Å². The summed E-state index contributed by atoms with van der Waals surface area (Å²) in [5.41, 5.74) is 3.94. The van der Waals surface area contributed by atoms with E-state index in [2.05, 4.69) is 6.58 Å². The normalized spacial score (nSPS) is 10.1. The van der Waals surface area contributed by atoms with Crippen molar-refractivity contribution in [3.8, 4) is 16.9 Å². The largest absolute Gasteiger partial charge is 0.507 e. The van der Waals surface area contributed by atoms with Crippen LogP contribution in [-0.2, 0) is 0 Å². The van der Waals surface area contributed by atoms with Gasteiger partial charge in [-0.15, -0.1) is 0 Å². The van der Waals surface area contributed by atoms with Crippen LogP contribution in [0.3, 0.4) is 0 Å². The molecule has 0 aliphatic heterocycles. The molecular weight excluding hydrogens is 196 g/mol. The average molecular weight is 210 g/mol. The summed E-state index contributed by atoms with van der Waals surface area (Å²) in [6, 6.07) is 15.3. The van der Waals surface area contributed by atoms with E-state index in [0.29, 0.717) is 5.75 Å². The Morgan fingerprint density at radius 3 is 2.12 bits per heavy atom. The second-order valence-corrected chi connectivity index (χ2v) is 3.84. The molecule has 0 saturated carbocycles. The number of phenols is 1. The van der Waals surface area contributed by atoms with Crippen molar-refractivity contribution in [3.05, 3.63) is 60.7 Å². The van der Waals surface area contributed by atoms with Crippen LogP contribution >= 0.6 is 0 Å². The first kappa shape index (κ1) is 10.5. The van der Waals surface area contributed by atoms with Gasteiger partial charge in [-0.05, 0) is 24.1 Å². The highest BCUT2D eigenvalue weighted by atomic mass is 16.3. The minimum absolute atomic E-state index is 0.302. The first-order valence-electron chi connectivity index (χ1n) is 5.23. The first-order valence-corrected chi connectivity index (χ1v) is 5.23. The first-order chi connectivity index (χ1) is 7.70. The molecule has 1 heteroatoms. The summed E-state index contributed by atoms with van der Waals surface area (Å²) in [6.07, 6.45) is 0. The monoisotopic (exact) mass is 210 g/mol. The van der Waals surface area contributed by atoms with Gasteiger partial charge in [0.05, 0.1) is 0 Å². The number of aromatic hydroxyl groups is 1. The van der Waals surface area contributed by atoms with Crippen molar-refractivity contribution < 1.29 is 5.11 Å². The highest BCUT2D eigenvalue weighted by Gasteiger charge is 2.07. The SMILES string of the molecule is C=C(C)c1ccccc1-c1ccccc1O.